The fourth-order valence-corrected chi connectivity index (χ4v) is 4.71. The molecule has 7 heteroatoms. The van der Waals surface area contributed by atoms with Gasteiger partial charge in [0.2, 0.25) is 5.91 Å². The molecule has 0 aromatic heterocycles. The van der Waals surface area contributed by atoms with Crippen molar-refractivity contribution in [2.45, 2.75) is 30.3 Å². The summed E-state index contributed by atoms with van der Waals surface area (Å²) >= 11 is 0. The lowest BCUT2D eigenvalue weighted by atomic mass is 10.1. The number of sulfonamides is 1. The molecule has 0 spiro atoms. The van der Waals surface area contributed by atoms with Crippen LogP contribution in [0, 0.1) is 0 Å². The molecule has 2 aromatic carbocycles. The van der Waals surface area contributed by atoms with E-state index in [1.807, 2.05) is 35.2 Å². The normalized spacial score (nSPS) is 20.5. The van der Waals surface area contributed by atoms with Crippen LogP contribution in [0.15, 0.2) is 63.9 Å². The maximum absolute atomic E-state index is 12.7. The smallest absolute Gasteiger partial charge is 0.285 e. The fraction of sp³-hybridized carbons (Fsp3) is 0.263. The Bertz CT molecular complexity index is 971. The zero-order chi connectivity index (χ0) is 18.1. The number of carbonyl (C=O) groups excluding carboxylic acids is 1. The van der Waals surface area contributed by atoms with E-state index in [4.69, 9.17) is 0 Å². The Balaban J connectivity index is 1.55. The standard InChI is InChI=1S/C19H19N3O3S/c23-19(20-13-14-7-2-1-3-8-14)16-10-6-12-22(16)18-15-9-4-5-11-17(15)26(24,25)21-18/h1-5,7-9,11,16H,6,10,12-13H2,(H,20,23)/t16-/m0/s1. The summed E-state index contributed by atoms with van der Waals surface area (Å²) in [5, 5.41) is 2.95. The van der Waals surface area contributed by atoms with Crippen molar-refractivity contribution < 1.29 is 13.2 Å². The van der Waals surface area contributed by atoms with Gasteiger partial charge in [-0.3, -0.25) is 4.79 Å². The summed E-state index contributed by atoms with van der Waals surface area (Å²) in [6.45, 7) is 1.07. The largest absolute Gasteiger partial charge is 0.350 e. The van der Waals surface area contributed by atoms with E-state index in [-0.39, 0.29) is 10.8 Å². The Labute approximate surface area is 152 Å². The van der Waals surface area contributed by atoms with E-state index < -0.39 is 16.1 Å². The molecule has 2 aliphatic rings. The Kier molecular flexibility index (Phi) is 4.24. The zero-order valence-electron chi connectivity index (χ0n) is 14.1. The van der Waals surface area contributed by atoms with Crippen LogP contribution in [0.4, 0.5) is 0 Å². The molecule has 0 radical (unpaired) electrons. The van der Waals surface area contributed by atoms with E-state index in [1.54, 1.807) is 24.3 Å². The van der Waals surface area contributed by atoms with Crippen LogP contribution in [-0.2, 0) is 21.4 Å². The summed E-state index contributed by atoms with van der Waals surface area (Å²) in [6, 6.07) is 16.1. The van der Waals surface area contributed by atoms with Crippen LogP contribution in [0.2, 0.25) is 0 Å². The number of nitrogens with one attached hydrogen (secondary N) is 1. The van der Waals surface area contributed by atoms with Crippen molar-refractivity contribution in [3.8, 4) is 0 Å². The minimum absolute atomic E-state index is 0.101. The van der Waals surface area contributed by atoms with Crippen molar-refractivity contribution in [3.63, 3.8) is 0 Å². The number of nitrogens with zero attached hydrogens (tertiary/aromatic N) is 2. The van der Waals surface area contributed by atoms with E-state index in [1.165, 1.54) is 0 Å². The van der Waals surface area contributed by atoms with Crippen molar-refractivity contribution in [2.75, 3.05) is 6.54 Å². The number of hydrogen-bond acceptors (Lipinski definition) is 4. The van der Waals surface area contributed by atoms with Crippen LogP contribution in [0.3, 0.4) is 0 Å². The van der Waals surface area contributed by atoms with Gasteiger partial charge in [0.25, 0.3) is 10.0 Å². The average molecular weight is 369 g/mol. The molecule has 0 saturated carbocycles. The number of carbonyl (C=O) groups is 1. The van der Waals surface area contributed by atoms with Crippen molar-refractivity contribution >= 4 is 21.8 Å². The summed E-state index contributed by atoms with van der Waals surface area (Å²) in [4.78, 5) is 14.7. The monoisotopic (exact) mass is 369 g/mol. The van der Waals surface area contributed by atoms with Gasteiger partial charge in [0, 0.05) is 18.7 Å². The number of amides is 1. The number of likely N-dealkylation sites (tertiary alicyclic amines) is 1. The molecule has 2 heterocycles. The highest BCUT2D eigenvalue weighted by Crippen LogP contribution is 2.31. The molecular formula is C19H19N3O3S. The van der Waals surface area contributed by atoms with E-state index >= 15 is 0 Å². The molecule has 6 nitrogen and oxygen atoms in total. The number of fused-ring (bicyclic) bond motifs is 1. The molecule has 2 aromatic rings. The van der Waals surface area contributed by atoms with Gasteiger partial charge in [-0.2, -0.15) is 8.42 Å². The molecule has 1 atom stereocenters. The van der Waals surface area contributed by atoms with Gasteiger partial charge in [0.15, 0.2) is 5.84 Å². The molecule has 0 unspecified atom stereocenters. The van der Waals surface area contributed by atoms with Crippen molar-refractivity contribution in [3.05, 3.63) is 65.7 Å². The minimum atomic E-state index is -3.68. The van der Waals surface area contributed by atoms with E-state index in [2.05, 4.69) is 9.71 Å². The summed E-state index contributed by atoms with van der Waals surface area (Å²) in [6.07, 6.45) is 1.51. The Morgan fingerprint density at radius 3 is 2.65 bits per heavy atom. The van der Waals surface area contributed by atoms with Gasteiger partial charge in [0.1, 0.15) is 10.9 Å². The molecule has 1 amide bonds. The molecule has 4 rings (SSSR count). The highest BCUT2D eigenvalue weighted by molar-refractivity contribution is 7.90. The third-order valence-corrected chi connectivity index (χ3v) is 6.07. The third kappa shape index (κ3) is 2.99. The van der Waals surface area contributed by atoms with Gasteiger partial charge in [-0.1, -0.05) is 42.5 Å². The van der Waals surface area contributed by atoms with Crippen LogP contribution in [-0.4, -0.2) is 37.6 Å². The predicted octanol–water partition coefficient (Wildman–Crippen LogP) is 1.92. The second-order valence-corrected chi connectivity index (χ2v) is 8.01. The number of benzene rings is 2. The SMILES string of the molecule is O=C(NCc1ccccc1)[C@@H]1CCCN1C1=NS(=O)(=O)c2ccccc21. The minimum Gasteiger partial charge on any atom is -0.350 e. The first kappa shape index (κ1) is 16.8. The van der Waals surface area contributed by atoms with Crippen LogP contribution in [0.5, 0.6) is 0 Å². The molecule has 0 aliphatic carbocycles. The molecule has 2 aliphatic heterocycles. The maximum Gasteiger partial charge on any atom is 0.285 e. The predicted molar refractivity (Wildman–Crippen MR) is 98.2 cm³/mol. The Morgan fingerprint density at radius 1 is 1.12 bits per heavy atom. The summed E-state index contributed by atoms with van der Waals surface area (Å²) < 4.78 is 28.5. The summed E-state index contributed by atoms with van der Waals surface area (Å²) in [5.74, 6) is 0.286. The van der Waals surface area contributed by atoms with Gasteiger partial charge in [-0.05, 0) is 30.5 Å². The molecule has 0 bridgehead atoms. The summed E-state index contributed by atoms with van der Waals surface area (Å²) in [7, 11) is -3.68. The highest BCUT2D eigenvalue weighted by atomic mass is 32.2. The Hall–Kier alpha value is -2.67. The Morgan fingerprint density at radius 2 is 1.85 bits per heavy atom. The highest BCUT2D eigenvalue weighted by Gasteiger charge is 2.39. The zero-order valence-corrected chi connectivity index (χ0v) is 14.9. The number of rotatable bonds is 3. The summed E-state index contributed by atoms with van der Waals surface area (Å²) in [5.41, 5.74) is 1.60. The number of hydrogen-bond donors (Lipinski definition) is 1. The fourth-order valence-electron chi connectivity index (χ4n) is 3.49. The van der Waals surface area contributed by atoms with Crippen LogP contribution in [0.25, 0.3) is 0 Å². The third-order valence-electron chi connectivity index (χ3n) is 4.75. The van der Waals surface area contributed by atoms with Crippen LogP contribution in [0.1, 0.15) is 24.0 Å². The molecule has 1 saturated heterocycles. The van der Waals surface area contributed by atoms with Gasteiger partial charge >= 0.3 is 0 Å². The molecule has 26 heavy (non-hydrogen) atoms. The quantitative estimate of drug-likeness (QED) is 0.896. The second-order valence-electron chi connectivity index (χ2n) is 6.44. The molecule has 134 valence electrons. The molecule has 1 fully saturated rings. The molecular weight excluding hydrogens is 350 g/mol. The molecule has 1 N–H and O–H groups in total. The second kappa shape index (κ2) is 6.57. The van der Waals surface area contributed by atoms with E-state index in [0.29, 0.717) is 30.9 Å². The van der Waals surface area contributed by atoms with Gasteiger partial charge in [-0.25, -0.2) is 0 Å². The lowest BCUT2D eigenvalue weighted by Gasteiger charge is -2.25. The number of amidine groups is 1. The topological polar surface area (TPSA) is 78.8 Å². The first-order chi connectivity index (χ1) is 12.6. The van der Waals surface area contributed by atoms with E-state index in [9.17, 15) is 13.2 Å². The van der Waals surface area contributed by atoms with Crippen molar-refractivity contribution in [2.24, 2.45) is 4.40 Å². The first-order valence-electron chi connectivity index (χ1n) is 8.59. The van der Waals surface area contributed by atoms with Gasteiger partial charge in [-0.15, -0.1) is 4.40 Å². The lowest BCUT2D eigenvalue weighted by molar-refractivity contribution is -0.124. The maximum atomic E-state index is 12.7. The van der Waals surface area contributed by atoms with Crippen molar-refractivity contribution in [1.29, 1.82) is 0 Å². The van der Waals surface area contributed by atoms with E-state index in [0.717, 1.165) is 12.0 Å². The first-order valence-corrected chi connectivity index (χ1v) is 10.0. The van der Waals surface area contributed by atoms with Gasteiger partial charge < -0.3 is 10.2 Å². The lowest BCUT2D eigenvalue weighted by Crippen LogP contribution is -2.45. The van der Waals surface area contributed by atoms with Gasteiger partial charge in [0.05, 0.1) is 0 Å². The van der Waals surface area contributed by atoms with Crippen LogP contribution >= 0.6 is 0 Å². The van der Waals surface area contributed by atoms with Crippen LogP contribution < -0.4 is 5.32 Å². The van der Waals surface area contributed by atoms with Crippen molar-refractivity contribution in [1.82, 2.24) is 10.2 Å². The average Bonchev–Trinajstić information content (AvgIpc) is 3.24.